The van der Waals surface area contributed by atoms with Crippen LogP contribution in [0, 0.1) is 5.82 Å². The third-order valence-corrected chi connectivity index (χ3v) is 9.86. The number of phenols is 1. The van der Waals surface area contributed by atoms with Crippen LogP contribution in [0.25, 0.3) is 17.2 Å². The third kappa shape index (κ3) is 12.0. The predicted octanol–water partition coefficient (Wildman–Crippen LogP) is 8.21. The number of carboxylic acid groups (broad SMARTS) is 1. The highest BCUT2D eigenvalue weighted by molar-refractivity contribution is 6.01. The summed E-state index contributed by atoms with van der Waals surface area (Å²) in [5.41, 5.74) is 5.07. The number of aliphatic carboxylic acids is 1. The van der Waals surface area contributed by atoms with Gasteiger partial charge in [0, 0.05) is 43.9 Å². The number of rotatable bonds is 10. The molecule has 0 bridgehead atoms. The van der Waals surface area contributed by atoms with Crippen molar-refractivity contribution < 1.29 is 42.2 Å². The second-order valence-corrected chi connectivity index (χ2v) is 13.7. The van der Waals surface area contributed by atoms with Gasteiger partial charge in [0.1, 0.15) is 11.6 Å². The maximum atomic E-state index is 13.9. The quantitative estimate of drug-likeness (QED) is 0.125. The molecule has 290 valence electrons. The standard InChI is InChI=1S/C41H44FN3O3.C2HF3O2/c42-35-11-7-8-32(29-35)16-19-40(47)45(25-20-31-14-17-37(46)18-15-31)30-33-9-6-10-34(28-33)38-12-2-3-13-39(38)41(48)44-26-21-36(22-27-44)43-23-4-1-5-24-43;3-2(4,5)1(6)7/h2-3,6-19,28-29,36,46H,1,4-5,20-27,30H2;(H,6,7). The van der Waals surface area contributed by atoms with E-state index in [9.17, 15) is 32.3 Å². The summed E-state index contributed by atoms with van der Waals surface area (Å²) in [5, 5.41) is 16.8. The van der Waals surface area contributed by atoms with E-state index in [4.69, 9.17) is 9.90 Å². The van der Waals surface area contributed by atoms with Crippen LogP contribution in [0.3, 0.4) is 0 Å². The van der Waals surface area contributed by atoms with E-state index in [1.165, 1.54) is 50.6 Å². The largest absolute Gasteiger partial charge is 0.508 e. The lowest BCUT2D eigenvalue weighted by atomic mass is 9.95. The van der Waals surface area contributed by atoms with Gasteiger partial charge in [0.15, 0.2) is 0 Å². The molecule has 0 unspecified atom stereocenters. The molecule has 2 saturated heterocycles. The molecular weight excluding hydrogens is 714 g/mol. The van der Waals surface area contributed by atoms with Crippen LogP contribution >= 0.6 is 0 Å². The van der Waals surface area contributed by atoms with Crippen molar-refractivity contribution in [1.82, 2.24) is 14.7 Å². The lowest BCUT2D eigenvalue weighted by Crippen LogP contribution is -2.48. The Morgan fingerprint density at radius 1 is 0.800 bits per heavy atom. The lowest BCUT2D eigenvalue weighted by molar-refractivity contribution is -0.192. The highest BCUT2D eigenvalue weighted by atomic mass is 19.4. The zero-order valence-corrected chi connectivity index (χ0v) is 30.4. The zero-order chi connectivity index (χ0) is 39.4. The van der Waals surface area contributed by atoms with Crippen molar-refractivity contribution in [1.29, 1.82) is 0 Å². The van der Waals surface area contributed by atoms with Crippen molar-refractivity contribution in [3.63, 3.8) is 0 Å². The third-order valence-electron chi connectivity index (χ3n) is 9.86. The van der Waals surface area contributed by atoms with Crippen LogP contribution in [0.15, 0.2) is 103 Å². The van der Waals surface area contributed by atoms with Crippen molar-refractivity contribution >= 4 is 23.9 Å². The number of hydrogen-bond donors (Lipinski definition) is 2. The summed E-state index contributed by atoms with van der Waals surface area (Å²) in [6.07, 6.45) is 4.56. The number of amides is 2. The highest BCUT2D eigenvalue weighted by Gasteiger charge is 2.38. The summed E-state index contributed by atoms with van der Waals surface area (Å²) < 4.78 is 45.5. The lowest BCUT2D eigenvalue weighted by Gasteiger charge is -2.40. The topological polar surface area (TPSA) is 101 Å². The molecule has 0 aliphatic carbocycles. The van der Waals surface area contributed by atoms with Crippen molar-refractivity contribution in [2.45, 2.75) is 57.3 Å². The molecule has 2 heterocycles. The van der Waals surface area contributed by atoms with Gasteiger partial charge in [-0.05, 0) is 115 Å². The van der Waals surface area contributed by atoms with Crippen molar-refractivity contribution in [2.24, 2.45) is 0 Å². The molecule has 2 aliphatic rings. The van der Waals surface area contributed by atoms with E-state index < -0.39 is 12.1 Å². The van der Waals surface area contributed by atoms with Crippen molar-refractivity contribution in [3.05, 3.63) is 131 Å². The molecule has 0 aromatic heterocycles. The van der Waals surface area contributed by atoms with Gasteiger partial charge >= 0.3 is 12.1 Å². The van der Waals surface area contributed by atoms with Gasteiger partial charge in [0.05, 0.1) is 0 Å². The molecule has 4 aromatic carbocycles. The highest BCUT2D eigenvalue weighted by Crippen LogP contribution is 2.28. The average molecular weight is 760 g/mol. The fraction of sp³-hybridized carbons (Fsp3) is 0.326. The zero-order valence-electron chi connectivity index (χ0n) is 30.4. The van der Waals surface area contributed by atoms with Crippen LogP contribution in [0.2, 0.25) is 0 Å². The fourth-order valence-corrected chi connectivity index (χ4v) is 6.94. The SMILES string of the molecule is O=C(C=Cc1cccc(F)c1)N(CCc1ccc(O)cc1)Cc1cccc(-c2ccccc2C(=O)N2CCC(N3CCCCC3)CC2)c1.O=C(O)C(F)(F)F. The van der Waals surface area contributed by atoms with E-state index in [1.807, 2.05) is 59.5 Å². The average Bonchev–Trinajstić information content (AvgIpc) is 3.19. The first-order chi connectivity index (χ1) is 26.4. The summed E-state index contributed by atoms with van der Waals surface area (Å²) in [5.74, 6) is -3.03. The molecule has 12 heteroatoms. The van der Waals surface area contributed by atoms with E-state index in [2.05, 4.69) is 11.0 Å². The minimum Gasteiger partial charge on any atom is -0.508 e. The normalized spacial score (nSPS) is 15.3. The molecule has 0 spiro atoms. The minimum absolute atomic E-state index is 0.0706. The molecule has 6 rings (SSSR count). The van der Waals surface area contributed by atoms with Crippen molar-refractivity contribution in [3.8, 4) is 16.9 Å². The Morgan fingerprint density at radius 3 is 2.15 bits per heavy atom. The number of carboxylic acids is 1. The fourth-order valence-electron chi connectivity index (χ4n) is 6.94. The van der Waals surface area contributed by atoms with Crippen molar-refractivity contribution in [2.75, 3.05) is 32.7 Å². The van der Waals surface area contributed by atoms with Crippen LogP contribution in [0.5, 0.6) is 5.75 Å². The maximum Gasteiger partial charge on any atom is 0.490 e. The number of aromatic hydroxyl groups is 1. The van der Waals surface area contributed by atoms with Gasteiger partial charge in [0.2, 0.25) is 5.91 Å². The smallest absolute Gasteiger partial charge is 0.490 e. The van der Waals surface area contributed by atoms with Gasteiger partial charge in [-0.25, -0.2) is 9.18 Å². The Morgan fingerprint density at radius 2 is 1.47 bits per heavy atom. The number of likely N-dealkylation sites (tertiary alicyclic amines) is 2. The van der Waals surface area contributed by atoms with Gasteiger partial charge in [-0.3, -0.25) is 9.59 Å². The van der Waals surface area contributed by atoms with Crippen LogP contribution in [0.4, 0.5) is 17.6 Å². The number of phenolic OH excluding ortho intramolecular Hbond substituents is 1. The summed E-state index contributed by atoms with van der Waals surface area (Å²) >= 11 is 0. The van der Waals surface area contributed by atoms with Gasteiger partial charge in [0.25, 0.3) is 5.91 Å². The van der Waals surface area contributed by atoms with Crippen LogP contribution < -0.4 is 0 Å². The molecule has 0 radical (unpaired) electrons. The maximum absolute atomic E-state index is 13.9. The first-order valence-corrected chi connectivity index (χ1v) is 18.4. The van der Waals surface area contributed by atoms with Crippen LogP contribution in [-0.2, 0) is 22.6 Å². The first-order valence-electron chi connectivity index (χ1n) is 18.4. The molecule has 2 N–H and O–H groups in total. The summed E-state index contributed by atoms with van der Waals surface area (Å²) in [6, 6.07) is 29.6. The molecule has 2 amide bonds. The number of carbonyl (C=O) groups excluding carboxylic acids is 2. The Bertz CT molecular complexity index is 1940. The second kappa shape index (κ2) is 19.2. The number of alkyl halides is 3. The van der Waals surface area contributed by atoms with Gasteiger partial charge in [-0.1, -0.05) is 67.1 Å². The van der Waals surface area contributed by atoms with Gasteiger partial charge in [-0.15, -0.1) is 0 Å². The van der Waals surface area contributed by atoms with Crippen LogP contribution in [-0.4, -0.2) is 87.6 Å². The molecular formula is C43H45F4N3O5. The number of carbonyl (C=O) groups is 3. The number of hydrogen-bond acceptors (Lipinski definition) is 5. The molecule has 8 nitrogen and oxygen atoms in total. The summed E-state index contributed by atoms with van der Waals surface area (Å²) in [4.78, 5) is 42.7. The molecule has 55 heavy (non-hydrogen) atoms. The Balaban J connectivity index is 0.000000757. The Hall–Kier alpha value is -5.49. The van der Waals surface area contributed by atoms with Crippen LogP contribution in [0.1, 0.15) is 59.2 Å². The van der Waals surface area contributed by atoms with E-state index in [1.54, 1.807) is 35.2 Å². The Labute approximate surface area is 318 Å². The second-order valence-electron chi connectivity index (χ2n) is 13.7. The molecule has 4 aromatic rings. The molecule has 0 atom stereocenters. The molecule has 0 saturated carbocycles. The van der Waals surface area contributed by atoms with E-state index in [0.29, 0.717) is 36.7 Å². The Kier molecular flexibility index (Phi) is 14.2. The first kappa shape index (κ1) is 40.7. The number of piperidine rings is 2. The molecule has 2 aliphatic heterocycles. The number of halogens is 4. The molecule has 2 fully saturated rings. The van der Waals surface area contributed by atoms with E-state index in [0.717, 1.165) is 48.2 Å². The number of nitrogens with zero attached hydrogens (tertiary/aromatic N) is 3. The monoisotopic (exact) mass is 759 g/mol. The summed E-state index contributed by atoms with van der Waals surface area (Å²) in [7, 11) is 0. The number of benzene rings is 4. The van der Waals surface area contributed by atoms with Gasteiger partial charge in [-0.2, -0.15) is 13.2 Å². The predicted molar refractivity (Wildman–Crippen MR) is 203 cm³/mol. The summed E-state index contributed by atoms with van der Waals surface area (Å²) in [6.45, 7) is 4.72. The van der Waals surface area contributed by atoms with E-state index in [-0.39, 0.29) is 23.4 Å². The van der Waals surface area contributed by atoms with E-state index >= 15 is 0 Å². The minimum atomic E-state index is -5.08. The van der Waals surface area contributed by atoms with Gasteiger partial charge < -0.3 is 24.9 Å².